The van der Waals surface area contributed by atoms with Crippen LogP contribution in [0.3, 0.4) is 0 Å². The van der Waals surface area contributed by atoms with Gasteiger partial charge in [-0.3, -0.25) is 0 Å². The van der Waals surface area contributed by atoms with Crippen LogP contribution in [0.4, 0.5) is 0 Å². The third kappa shape index (κ3) is 4.00. The van der Waals surface area contributed by atoms with E-state index in [1.807, 2.05) is 0 Å². The minimum absolute atomic E-state index is 0.426. The van der Waals surface area contributed by atoms with Crippen molar-refractivity contribution in [3.63, 3.8) is 0 Å². The monoisotopic (exact) mass is 250 g/mol. The second-order valence-electron chi connectivity index (χ2n) is 5.11. The van der Waals surface area contributed by atoms with E-state index in [1.54, 1.807) is 7.11 Å². The van der Waals surface area contributed by atoms with E-state index < -0.39 is 0 Å². The maximum atomic E-state index is 5.67. The summed E-state index contributed by atoms with van der Waals surface area (Å²) in [6, 6.07) is 6.44. The second-order valence-corrected chi connectivity index (χ2v) is 5.11. The molecule has 4 N–H and O–H groups in total. The third-order valence-corrected chi connectivity index (χ3v) is 3.42. The molecule has 0 heterocycles. The fourth-order valence-electron chi connectivity index (χ4n) is 2.09. The maximum absolute atomic E-state index is 5.67. The molecule has 0 aromatic heterocycles. The van der Waals surface area contributed by atoms with Gasteiger partial charge < -0.3 is 16.2 Å². The van der Waals surface area contributed by atoms with Crippen LogP contribution in [0.15, 0.2) is 18.2 Å². The molecule has 1 rings (SSSR count). The first-order chi connectivity index (χ1) is 8.62. The first-order valence-electron chi connectivity index (χ1n) is 6.69. The van der Waals surface area contributed by atoms with Gasteiger partial charge in [0.2, 0.25) is 0 Å². The summed E-state index contributed by atoms with van der Waals surface area (Å²) in [5.74, 6) is 1.87. The zero-order valence-electron chi connectivity index (χ0n) is 11.8. The minimum Gasteiger partial charge on any atom is -0.496 e. The topological polar surface area (TPSA) is 61.3 Å². The second kappa shape index (κ2) is 7.39. The molecule has 0 spiro atoms. The first-order valence-corrected chi connectivity index (χ1v) is 6.69. The van der Waals surface area contributed by atoms with Gasteiger partial charge in [0.1, 0.15) is 5.75 Å². The Balaban J connectivity index is 2.75. The number of ether oxygens (including phenoxy) is 1. The Kier molecular flexibility index (Phi) is 6.16. The van der Waals surface area contributed by atoms with Crippen molar-refractivity contribution in [2.75, 3.05) is 20.2 Å². The Hall–Kier alpha value is -1.06. The van der Waals surface area contributed by atoms with E-state index in [0.29, 0.717) is 24.9 Å². The van der Waals surface area contributed by atoms with Crippen LogP contribution in [0.2, 0.25) is 0 Å². The maximum Gasteiger partial charge on any atom is 0.122 e. The summed E-state index contributed by atoms with van der Waals surface area (Å²) in [6.45, 7) is 5.71. The van der Waals surface area contributed by atoms with E-state index in [2.05, 4.69) is 32.0 Å². The molecular weight excluding hydrogens is 224 g/mol. The summed E-state index contributed by atoms with van der Waals surface area (Å²) in [6.07, 6.45) is 2.08. The molecule has 0 amide bonds. The fourth-order valence-corrected chi connectivity index (χ4v) is 2.09. The lowest BCUT2D eigenvalue weighted by Gasteiger charge is -2.15. The highest BCUT2D eigenvalue weighted by molar-refractivity contribution is 5.39. The zero-order chi connectivity index (χ0) is 13.5. The summed E-state index contributed by atoms with van der Waals surface area (Å²) in [5.41, 5.74) is 14.0. The molecule has 0 saturated heterocycles. The number of rotatable bonds is 7. The SMILES string of the molecule is COc1ccc(CCC(CN)CN)cc1C(C)C. The van der Waals surface area contributed by atoms with Crippen molar-refractivity contribution in [3.05, 3.63) is 29.3 Å². The van der Waals surface area contributed by atoms with Crippen molar-refractivity contribution < 1.29 is 4.74 Å². The van der Waals surface area contributed by atoms with Gasteiger partial charge in [0.15, 0.2) is 0 Å². The fraction of sp³-hybridized carbons (Fsp3) is 0.600. The predicted octanol–water partition coefficient (Wildman–Crippen LogP) is 2.28. The van der Waals surface area contributed by atoms with E-state index in [-0.39, 0.29) is 0 Å². The van der Waals surface area contributed by atoms with Gasteiger partial charge in [0.05, 0.1) is 7.11 Å². The Morgan fingerprint density at radius 2 is 1.83 bits per heavy atom. The highest BCUT2D eigenvalue weighted by Gasteiger charge is 2.10. The lowest BCUT2D eigenvalue weighted by Crippen LogP contribution is -2.23. The molecule has 1 aromatic carbocycles. The molecule has 0 saturated carbocycles. The van der Waals surface area contributed by atoms with Crippen molar-refractivity contribution in [1.29, 1.82) is 0 Å². The van der Waals surface area contributed by atoms with Crippen molar-refractivity contribution >= 4 is 0 Å². The van der Waals surface area contributed by atoms with Crippen LogP contribution < -0.4 is 16.2 Å². The average Bonchev–Trinajstić information content (AvgIpc) is 2.39. The van der Waals surface area contributed by atoms with Gasteiger partial charge in [-0.1, -0.05) is 26.0 Å². The van der Waals surface area contributed by atoms with Gasteiger partial charge in [-0.25, -0.2) is 0 Å². The van der Waals surface area contributed by atoms with E-state index >= 15 is 0 Å². The predicted molar refractivity (Wildman–Crippen MR) is 77.0 cm³/mol. The molecule has 0 aliphatic rings. The Morgan fingerprint density at radius 1 is 1.17 bits per heavy atom. The third-order valence-electron chi connectivity index (χ3n) is 3.42. The molecule has 0 atom stereocenters. The number of hydrogen-bond donors (Lipinski definition) is 2. The number of benzene rings is 1. The van der Waals surface area contributed by atoms with Gasteiger partial charge in [-0.15, -0.1) is 0 Å². The molecule has 0 aliphatic heterocycles. The Bertz CT molecular complexity index is 360. The quantitative estimate of drug-likeness (QED) is 0.780. The summed E-state index contributed by atoms with van der Waals surface area (Å²) >= 11 is 0. The van der Waals surface area contributed by atoms with Gasteiger partial charge in [0, 0.05) is 0 Å². The molecule has 102 valence electrons. The van der Waals surface area contributed by atoms with Crippen molar-refractivity contribution in [2.24, 2.45) is 17.4 Å². The molecule has 0 aliphatic carbocycles. The highest BCUT2D eigenvalue weighted by Crippen LogP contribution is 2.27. The highest BCUT2D eigenvalue weighted by atomic mass is 16.5. The largest absolute Gasteiger partial charge is 0.496 e. The number of nitrogens with two attached hydrogens (primary N) is 2. The molecule has 3 nitrogen and oxygen atoms in total. The molecule has 0 unspecified atom stereocenters. The molecule has 1 aromatic rings. The zero-order valence-corrected chi connectivity index (χ0v) is 11.8. The molecule has 0 radical (unpaired) electrons. The number of methoxy groups -OCH3 is 1. The molecular formula is C15H26N2O. The number of aryl methyl sites for hydroxylation is 1. The summed E-state index contributed by atoms with van der Waals surface area (Å²) < 4.78 is 5.39. The lowest BCUT2D eigenvalue weighted by molar-refractivity contribution is 0.407. The molecule has 0 bridgehead atoms. The van der Waals surface area contributed by atoms with E-state index in [4.69, 9.17) is 16.2 Å². The Morgan fingerprint density at radius 3 is 2.33 bits per heavy atom. The van der Waals surface area contributed by atoms with Crippen LogP contribution in [0, 0.1) is 5.92 Å². The van der Waals surface area contributed by atoms with Gasteiger partial charge in [0.25, 0.3) is 0 Å². The molecule has 18 heavy (non-hydrogen) atoms. The van der Waals surface area contributed by atoms with Crippen molar-refractivity contribution in [2.45, 2.75) is 32.6 Å². The van der Waals surface area contributed by atoms with Crippen LogP contribution in [0.5, 0.6) is 5.75 Å². The smallest absolute Gasteiger partial charge is 0.122 e. The van der Waals surface area contributed by atoms with Crippen molar-refractivity contribution in [3.8, 4) is 5.75 Å². The standard InChI is InChI=1S/C15H26N2O/c1-11(2)14-8-12(6-7-15(14)18-3)4-5-13(9-16)10-17/h6-8,11,13H,4-5,9-10,16-17H2,1-3H3. The minimum atomic E-state index is 0.426. The summed E-state index contributed by atoms with van der Waals surface area (Å²) in [5, 5.41) is 0. The average molecular weight is 250 g/mol. The lowest BCUT2D eigenvalue weighted by atomic mass is 9.95. The van der Waals surface area contributed by atoms with Crippen LogP contribution in [-0.2, 0) is 6.42 Å². The van der Waals surface area contributed by atoms with E-state index in [1.165, 1.54) is 11.1 Å². The normalized spacial score (nSPS) is 11.3. The van der Waals surface area contributed by atoms with Crippen LogP contribution in [-0.4, -0.2) is 20.2 Å². The van der Waals surface area contributed by atoms with Gasteiger partial charge >= 0.3 is 0 Å². The summed E-state index contributed by atoms with van der Waals surface area (Å²) in [7, 11) is 1.72. The number of hydrogen-bond acceptors (Lipinski definition) is 3. The van der Waals surface area contributed by atoms with Crippen LogP contribution >= 0.6 is 0 Å². The first kappa shape index (κ1) is 15.0. The van der Waals surface area contributed by atoms with Crippen LogP contribution in [0.25, 0.3) is 0 Å². The van der Waals surface area contributed by atoms with Gasteiger partial charge in [-0.05, 0) is 55.0 Å². The van der Waals surface area contributed by atoms with Crippen molar-refractivity contribution in [1.82, 2.24) is 0 Å². The van der Waals surface area contributed by atoms with Crippen LogP contribution in [0.1, 0.15) is 37.3 Å². The molecule has 3 heteroatoms. The van der Waals surface area contributed by atoms with E-state index in [9.17, 15) is 0 Å². The summed E-state index contributed by atoms with van der Waals surface area (Å²) in [4.78, 5) is 0. The Labute approximate surface area is 111 Å². The molecule has 0 fully saturated rings. The van der Waals surface area contributed by atoms with Gasteiger partial charge in [-0.2, -0.15) is 0 Å². The van der Waals surface area contributed by atoms with E-state index in [0.717, 1.165) is 18.6 Å².